The van der Waals surface area contributed by atoms with E-state index in [1.54, 1.807) is 35.2 Å². The molecule has 0 aliphatic carbocycles. The van der Waals surface area contributed by atoms with E-state index < -0.39 is 0 Å². The number of nitrogens with zero attached hydrogens (tertiary/aromatic N) is 4. The molecule has 0 bridgehead atoms. The standard InChI is InChI=1S/C10H14N8O2/c11-9(17-19)15-13-5-7-1-2-8(4-3-7)6-14-16-10(12)18-20/h1-6,19-20H,(H3,11,15,17)(H3,12,16,18)/b13-5+,14-6+. The minimum absolute atomic E-state index is 0.210. The van der Waals surface area contributed by atoms with Crippen LogP contribution in [0.4, 0.5) is 0 Å². The van der Waals surface area contributed by atoms with Crippen molar-refractivity contribution in [1.82, 2.24) is 11.0 Å². The molecule has 0 fully saturated rings. The molecule has 10 nitrogen and oxygen atoms in total. The maximum absolute atomic E-state index is 8.37. The summed E-state index contributed by atoms with van der Waals surface area (Å²) in [6.07, 6.45) is 2.91. The molecule has 0 unspecified atom stereocenters. The molecule has 0 aliphatic rings. The van der Waals surface area contributed by atoms with Gasteiger partial charge in [-0.1, -0.05) is 24.3 Å². The summed E-state index contributed by atoms with van der Waals surface area (Å²) in [5.41, 5.74) is 15.2. The maximum Gasteiger partial charge on any atom is 0.237 e. The number of nitrogens with two attached hydrogens (primary N) is 2. The van der Waals surface area contributed by atoms with Crippen molar-refractivity contribution in [2.45, 2.75) is 0 Å². The molecule has 0 spiro atoms. The van der Waals surface area contributed by atoms with Crippen LogP contribution >= 0.6 is 0 Å². The first-order chi connectivity index (χ1) is 9.65. The third kappa shape index (κ3) is 5.57. The molecule has 1 rings (SSSR count). The van der Waals surface area contributed by atoms with E-state index >= 15 is 0 Å². The van der Waals surface area contributed by atoms with E-state index in [0.717, 1.165) is 11.1 Å². The number of benzene rings is 1. The Hall–Kier alpha value is -2.98. The highest BCUT2D eigenvalue weighted by molar-refractivity contribution is 5.85. The fourth-order valence-electron chi connectivity index (χ4n) is 1.03. The molecule has 0 amide bonds. The van der Waals surface area contributed by atoms with Gasteiger partial charge < -0.3 is 11.5 Å². The lowest BCUT2D eigenvalue weighted by Crippen LogP contribution is -2.27. The van der Waals surface area contributed by atoms with Gasteiger partial charge in [-0.25, -0.2) is 11.0 Å². The quantitative estimate of drug-likeness (QED) is 0.233. The molecule has 20 heavy (non-hydrogen) atoms. The number of guanidine groups is 2. The Balaban J connectivity index is 2.65. The summed E-state index contributed by atoms with van der Waals surface area (Å²) in [7, 11) is 0. The van der Waals surface area contributed by atoms with Gasteiger partial charge in [0.15, 0.2) is 0 Å². The van der Waals surface area contributed by atoms with Crippen LogP contribution in [0, 0.1) is 0 Å². The molecular formula is C10H14N8O2. The molecule has 0 aromatic heterocycles. The molecule has 8 N–H and O–H groups in total. The topological polar surface area (TPSA) is 166 Å². The van der Waals surface area contributed by atoms with Gasteiger partial charge in [-0.2, -0.15) is 10.2 Å². The molecule has 1 aromatic rings. The lowest BCUT2D eigenvalue weighted by atomic mass is 10.2. The van der Waals surface area contributed by atoms with Crippen LogP contribution in [0.2, 0.25) is 0 Å². The van der Waals surface area contributed by atoms with Gasteiger partial charge in [0.2, 0.25) is 11.9 Å². The Bertz CT molecular complexity index is 486. The van der Waals surface area contributed by atoms with E-state index in [1.807, 2.05) is 0 Å². The molecule has 0 heterocycles. The van der Waals surface area contributed by atoms with Gasteiger partial charge in [-0.05, 0) is 11.1 Å². The minimum atomic E-state index is -0.210. The van der Waals surface area contributed by atoms with E-state index in [0.29, 0.717) is 0 Å². The summed E-state index contributed by atoms with van der Waals surface area (Å²) < 4.78 is 0. The molecule has 0 saturated carbocycles. The van der Waals surface area contributed by atoms with Gasteiger partial charge in [-0.3, -0.25) is 10.4 Å². The highest BCUT2D eigenvalue weighted by atomic mass is 16.5. The van der Waals surface area contributed by atoms with Gasteiger partial charge in [0, 0.05) is 0 Å². The van der Waals surface area contributed by atoms with Crippen molar-refractivity contribution >= 4 is 24.3 Å². The summed E-state index contributed by atoms with van der Waals surface area (Å²) in [5.74, 6) is -0.420. The van der Waals surface area contributed by atoms with Crippen molar-refractivity contribution in [3.8, 4) is 0 Å². The molecule has 1 aromatic carbocycles. The fraction of sp³-hybridized carbons (Fsp3) is 0. The van der Waals surface area contributed by atoms with Gasteiger partial charge >= 0.3 is 0 Å². The first-order valence-corrected chi connectivity index (χ1v) is 5.29. The molecule has 10 heteroatoms. The first-order valence-electron chi connectivity index (χ1n) is 5.29. The van der Waals surface area contributed by atoms with Gasteiger partial charge in [-0.15, -0.1) is 10.2 Å². The maximum atomic E-state index is 8.37. The third-order valence-electron chi connectivity index (χ3n) is 1.91. The predicted molar refractivity (Wildman–Crippen MR) is 74.7 cm³/mol. The second-order valence-electron chi connectivity index (χ2n) is 3.35. The van der Waals surface area contributed by atoms with Crippen molar-refractivity contribution in [1.29, 1.82) is 0 Å². The Labute approximate surface area is 114 Å². The Morgan fingerprint density at radius 2 is 1.20 bits per heavy atom. The van der Waals surface area contributed by atoms with E-state index in [9.17, 15) is 0 Å². The zero-order chi connectivity index (χ0) is 14.8. The highest BCUT2D eigenvalue weighted by Gasteiger charge is 1.90. The van der Waals surface area contributed by atoms with Crippen LogP contribution in [-0.4, -0.2) is 34.8 Å². The molecule has 0 radical (unpaired) electrons. The third-order valence-corrected chi connectivity index (χ3v) is 1.91. The van der Waals surface area contributed by atoms with Crippen LogP contribution in [0.15, 0.2) is 44.7 Å². The second-order valence-corrected chi connectivity index (χ2v) is 3.35. The van der Waals surface area contributed by atoms with Crippen LogP contribution in [0.25, 0.3) is 0 Å². The number of rotatable bonds is 4. The van der Waals surface area contributed by atoms with Crippen LogP contribution in [0.5, 0.6) is 0 Å². The van der Waals surface area contributed by atoms with E-state index in [1.165, 1.54) is 12.4 Å². The van der Waals surface area contributed by atoms with Crippen molar-refractivity contribution in [3.05, 3.63) is 35.4 Å². The van der Waals surface area contributed by atoms with Gasteiger partial charge in [0.05, 0.1) is 12.4 Å². The molecule has 0 aliphatic heterocycles. The number of hydrogen-bond donors (Lipinski definition) is 6. The molecule has 0 atom stereocenters. The van der Waals surface area contributed by atoms with Crippen LogP contribution in [-0.2, 0) is 0 Å². The average Bonchev–Trinajstić information content (AvgIpc) is 2.48. The highest BCUT2D eigenvalue weighted by Crippen LogP contribution is 2.00. The molecule has 0 saturated heterocycles. The van der Waals surface area contributed by atoms with Crippen LogP contribution in [0.3, 0.4) is 0 Å². The number of hydroxylamine groups is 2. The van der Waals surface area contributed by atoms with E-state index in [-0.39, 0.29) is 11.9 Å². The minimum Gasteiger partial charge on any atom is -0.367 e. The van der Waals surface area contributed by atoms with Gasteiger partial charge in [0.1, 0.15) is 0 Å². The van der Waals surface area contributed by atoms with Crippen molar-refractivity contribution in [3.63, 3.8) is 0 Å². The second kappa shape index (κ2) is 8.18. The molecule has 106 valence electrons. The monoisotopic (exact) mass is 278 g/mol. The first kappa shape index (κ1) is 15.1. The van der Waals surface area contributed by atoms with Crippen molar-refractivity contribution in [2.24, 2.45) is 31.9 Å². The van der Waals surface area contributed by atoms with Crippen LogP contribution in [0.1, 0.15) is 11.1 Å². The smallest absolute Gasteiger partial charge is 0.237 e. The summed E-state index contributed by atoms with van der Waals surface area (Å²) in [4.78, 5) is 0. The van der Waals surface area contributed by atoms with Crippen molar-refractivity contribution in [2.75, 3.05) is 0 Å². The Morgan fingerprint density at radius 3 is 1.50 bits per heavy atom. The lowest BCUT2D eigenvalue weighted by Gasteiger charge is -1.95. The zero-order valence-corrected chi connectivity index (χ0v) is 10.3. The number of hydrogen-bond acceptors (Lipinski definition) is 6. The Kier molecular flexibility index (Phi) is 6.17. The summed E-state index contributed by atoms with van der Waals surface area (Å²) in [5, 5.41) is 30.9. The van der Waals surface area contributed by atoms with Crippen LogP contribution < -0.4 is 22.4 Å². The summed E-state index contributed by atoms with van der Waals surface area (Å²) >= 11 is 0. The average molecular weight is 278 g/mol. The normalized spacial score (nSPS) is 13.1. The number of nitrogens with one attached hydrogen (secondary N) is 2. The van der Waals surface area contributed by atoms with E-state index in [2.05, 4.69) is 20.4 Å². The summed E-state index contributed by atoms with van der Waals surface area (Å²) in [6, 6.07) is 7.06. The van der Waals surface area contributed by atoms with Gasteiger partial charge in [0.25, 0.3) is 0 Å². The largest absolute Gasteiger partial charge is 0.367 e. The predicted octanol–water partition coefficient (Wildman–Crippen LogP) is -1.06. The fourth-order valence-corrected chi connectivity index (χ4v) is 1.03. The lowest BCUT2D eigenvalue weighted by molar-refractivity contribution is 0.232. The SMILES string of the molecule is NC(=N/N=C/c1ccc(/C=N/N=C(N)NO)cc1)NO. The Morgan fingerprint density at radius 1 is 0.850 bits per heavy atom. The van der Waals surface area contributed by atoms with Crippen molar-refractivity contribution < 1.29 is 10.4 Å². The van der Waals surface area contributed by atoms with E-state index in [4.69, 9.17) is 21.9 Å². The summed E-state index contributed by atoms with van der Waals surface area (Å²) in [6.45, 7) is 0. The molecular weight excluding hydrogens is 264 g/mol. The zero-order valence-electron chi connectivity index (χ0n) is 10.3.